The van der Waals surface area contributed by atoms with Crippen LogP contribution in [0.2, 0.25) is 0 Å². The van der Waals surface area contributed by atoms with Crippen molar-refractivity contribution in [1.29, 1.82) is 0 Å². The lowest BCUT2D eigenvalue weighted by atomic mass is 10.4. The Morgan fingerprint density at radius 1 is 1.42 bits per heavy atom. The van der Waals surface area contributed by atoms with Gasteiger partial charge in [0.1, 0.15) is 0 Å². The predicted octanol–water partition coefficient (Wildman–Crippen LogP) is -0.433. The standard InChI is InChI=1S/C8H21N3Si/c1-6-7(12)11(5)8(9-2)10(3)4/h7H,6H2,1-5,12H3/b9-8+. The second-order valence-electron chi connectivity index (χ2n) is 3.29. The van der Waals surface area contributed by atoms with Crippen molar-refractivity contribution in [2.45, 2.75) is 19.0 Å². The van der Waals surface area contributed by atoms with Crippen molar-refractivity contribution >= 4 is 16.2 Å². The molecular weight excluding hydrogens is 166 g/mol. The number of nitrogens with zero attached hydrogens (tertiary/aromatic N) is 3. The summed E-state index contributed by atoms with van der Waals surface area (Å²) in [6.07, 6.45) is 1.20. The van der Waals surface area contributed by atoms with Crippen LogP contribution in [0.25, 0.3) is 0 Å². The van der Waals surface area contributed by atoms with E-state index in [4.69, 9.17) is 0 Å². The highest BCUT2D eigenvalue weighted by Gasteiger charge is 2.12. The molecule has 0 aromatic carbocycles. The quantitative estimate of drug-likeness (QED) is 0.332. The Hall–Kier alpha value is -0.513. The van der Waals surface area contributed by atoms with Crippen LogP contribution in [0, 0.1) is 0 Å². The summed E-state index contributed by atoms with van der Waals surface area (Å²) in [6.45, 7) is 2.22. The van der Waals surface area contributed by atoms with E-state index in [1.54, 1.807) is 0 Å². The average molecular weight is 187 g/mol. The second kappa shape index (κ2) is 5.19. The molecule has 0 spiro atoms. The van der Waals surface area contributed by atoms with Gasteiger partial charge in [-0.3, -0.25) is 4.99 Å². The van der Waals surface area contributed by atoms with Crippen LogP contribution in [0.3, 0.4) is 0 Å². The number of hydrogen-bond acceptors (Lipinski definition) is 1. The first-order chi connectivity index (χ1) is 5.54. The maximum atomic E-state index is 4.25. The van der Waals surface area contributed by atoms with Crippen LogP contribution in [0.1, 0.15) is 13.3 Å². The summed E-state index contributed by atoms with van der Waals surface area (Å²) in [7, 11) is 9.21. The van der Waals surface area contributed by atoms with Crippen LogP contribution in [-0.4, -0.2) is 59.9 Å². The highest BCUT2D eigenvalue weighted by Crippen LogP contribution is 1.99. The maximum Gasteiger partial charge on any atom is 0.195 e. The van der Waals surface area contributed by atoms with E-state index >= 15 is 0 Å². The van der Waals surface area contributed by atoms with Crippen molar-refractivity contribution in [3.05, 3.63) is 0 Å². The zero-order valence-corrected chi connectivity index (χ0v) is 11.1. The zero-order valence-electron chi connectivity index (χ0n) is 9.13. The number of rotatable bonds is 2. The SMILES string of the molecule is CCC([SiH3])N(C)/C(=N/C)N(C)C. The van der Waals surface area contributed by atoms with Gasteiger partial charge in [-0.15, -0.1) is 0 Å². The predicted molar refractivity (Wildman–Crippen MR) is 58.8 cm³/mol. The Morgan fingerprint density at radius 2 is 1.92 bits per heavy atom. The van der Waals surface area contributed by atoms with Crippen LogP contribution < -0.4 is 0 Å². The monoisotopic (exact) mass is 187 g/mol. The minimum Gasteiger partial charge on any atom is -0.349 e. The van der Waals surface area contributed by atoms with E-state index in [1.807, 2.05) is 21.1 Å². The van der Waals surface area contributed by atoms with Crippen molar-refractivity contribution in [3.63, 3.8) is 0 Å². The summed E-state index contributed by atoms with van der Waals surface area (Å²) >= 11 is 0. The fourth-order valence-electron chi connectivity index (χ4n) is 1.14. The van der Waals surface area contributed by atoms with Crippen LogP contribution in [0.5, 0.6) is 0 Å². The molecule has 0 saturated heterocycles. The number of aliphatic imine (C=N–C) groups is 1. The van der Waals surface area contributed by atoms with E-state index in [2.05, 4.69) is 28.8 Å². The van der Waals surface area contributed by atoms with Gasteiger partial charge in [-0.25, -0.2) is 0 Å². The molecule has 0 N–H and O–H groups in total. The summed E-state index contributed by atoms with van der Waals surface area (Å²) < 4.78 is 0. The van der Waals surface area contributed by atoms with Gasteiger partial charge < -0.3 is 9.80 Å². The molecule has 0 aliphatic rings. The number of guanidine groups is 1. The van der Waals surface area contributed by atoms with E-state index in [1.165, 1.54) is 16.7 Å². The van der Waals surface area contributed by atoms with Crippen LogP contribution >= 0.6 is 0 Å². The van der Waals surface area contributed by atoms with Crippen LogP contribution in [0.15, 0.2) is 4.99 Å². The minimum atomic E-state index is 0.686. The van der Waals surface area contributed by atoms with Gasteiger partial charge in [-0.05, 0) is 6.42 Å². The largest absolute Gasteiger partial charge is 0.349 e. The molecule has 1 unspecified atom stereocenters. The molecule has 0 heterocycles. The highest BCUT2D eigenvalue weighted by molar-refractivity contribution is 6.13. The van der Waals surface area contributed by atoms with E-state index in [9.17, 15) is 0 Å². The zero-order chi connectivity index (χ0) is 9.72. The molecule has 12 heavy (non-hydrogen) atoms. The molecule has 0 radical (unpaired) electrons. The second-order valence-corrected chi connectivity index (χ2v) is 4.62. The van der Waals surface area contributed by atoms with Crippen molar-refractivity contribution in [2.24, 2.45) is 4.99 Å². The molecule has 0 aromatic heterocycles. The molecule has 0 aromatic rings. The van der Waals surface area contributed by atoms with Crippen molar-refractivity contribution < 1.29 is 0 Å². The van der Waals surface area contributed by atoms with Gasteiger partial charge in [0, 0.05) is 44.1 Å². The Bertz CT molecular complexity index is 156. The van der Waals surface area contributed by atoms with Gasteiger partial charge in [0.25, 0.3) is 0 Å². The van der Waals surface area contributed by atoms with Crippen LogP contribution in [-0.2, 0) is 0 Å². The molecule has 0 saturated carbocycles. The minimum absolute atomic E-state index is 0.686. The lowest BCUT2D eigenvalue weighted by Gasteiger charge is -2.30. The van der Waals surface area contributed by atoms with Crippen molar-refractivity contribution in [1.82, 2.24) is 9.80 Å². The summed E-state index contributed by atoms with van der Waals surface area (Å²) in [5.41, 5.74) is 0.686. The Balaban J connectivity index is 4.33. The molecule has 0 amide bonds. The molecule has 0 aliphatic heterocycles. The van der Waals surface area contributed by atoms with Gasteiger partial charge in [0.15, 0.2) is 5.96 Å². The third-order valence-corrected chi connectivity index (χ3v) is 3.76. The Labute approximate surface area is 78.9 Å². The van der Waals surface area contributed by atoms with E-state index in [-0.39, 0.29) is 0 Å². The molecule has 3 nitrogen and oxygen atoms in total. The smallest absolute Gasteiger partial charge is 0.195 e. The molecule has 1 atom stereocenters. The lowest BCUT2D eigenvalue weighted by Crippen LogP contribution is -2.44. The van der Waals surface area contributed by atoms with Gasteiger partial charge in [-0.1, -0.05) is 6.92 Å². The third-order valence-electron chi connectivity index (χ3n) is 2.17. The Kier molecular flexibility index (Phi) is 4.97. The summed E-state index contributed by atoms with van der Waals surface area (Å²) in [6, 6.07) is 0. The molecule has 0 rings (SSSR count). The van der Waals surface area contributed by atoms with Crippen LogP contribution in [0.4, 0.5) is 0 Å². The van der Waals surface area contributed by atoms with Crippen molar-refractivity contribution in [2.75, 3.05) is 28.2 Å². The summed E-state index contributed by atoms with van der Waals surface area (Å²) in [5, 5.41) is 0. The summed E-state index contributed by atoms with van der Waals surface area (Å²) in [4.78, 5) is 8.56. The van der Waals surface area contributed by atoms with E-state index in [0.29, 0.717) is 5.67 Å². The molecule has 0 aliphatic carbocycles. The molecular formula is C8H21N3Si. The third kappa shape index (κ3) is 2.85. The first kappa shape index (κ1) is 11.5. The van der Waals surface area contributed by atoms with Crippen molar-refractivity contribution in [3.8, 4) is 0 Å². The fraction of sp³-hybridized carbons (Fsp3) is 0.875. The lowest BCUT2D eigenvalue weighted by molar-refractivity contribution is 0.391. The molecule has 72 valence electrons. The Morgan fingerprint density at radius 3 is 2.17 bits per heavy atom. The number of hydrogen-bond donors (Lipinski definition) is 0. The maximum absolute atomic E-state index is 4.25. The normalized spacial score (nSPS) is 14.6. The van der Waals surface area contributed by atoms with Gasteiger partial charge in [-0.2, -0.15) is 0 Å². The summed E-state index contributed by atoms with van der Waals surface area (Å²) in [5.74, 6) is 1.07. The van der Waals surface area contributed by atoms with Gasteiger partial charge in [0.05, 0.1) is 0 Å². The molecule has 4 heteroatoms. The molecule has 0 fully saturated rings. The topological polar surface area (TPSA) is 18.8 Å². The average Bonchev–Trinajstić information content (AvgIpc) is 2.03. The first-order valence-corrected chi connectivity index (χ1v) is 5.57. The van der Waals surface area contributed by atoms with Gasteiger partial charge in [0.2, 0.25) is 0 Å². The van der Waals surface area contributed by atoms with E-state index < -0.39 is 0 Å². The molecule has 0 bridgehead atoms. The van der Waals surface area contributed by atoms with Gasteiger partial charge >= 0.3 is 0 Å². The van der Waals surface area contributed by atoms with E-state index in [0.717, 1.165) is 5.96 Å². The highest BCUT2D eigenvalue weighted by atomic mass is 28.1. The fourth-order valence-corrected chi connectivity index (χ4v) is 1.38. The first-order valence-electron chi connectivity index (χ1n) is 4.41.